The molecule has 0 spiro atoms. The van der Waals surface area contributed by atoms with E-state index in [1.807, 2.05) is 0 Å². The van der Waals surface area contributed by atoms with Gasteiger partial charge in [-0.2, -0.15) is 5.48 Å². The van der Waals surface area contributed by atoms with Gasteiger partial charge in [-0.05, 0) is 12.1 Å². The van der Waals surface area contributed by atoms with E-state index in [0.717, 1.165) is 0 Å². The van der Waals surface area contributed by atoms with Crippen LogP contribution in [0.25, 0.3) is 0 Å². The van der Waals surface area contributed by atoms with Crippen LogP contribution in [0.15, 0.2) is 24.3 Å². The number of benzene rings is 1. The molecule has 1 rings (SSSR count). The molecule has 2 amide bonds. The average molecular weight is 170 g/mol. The molecule has 12 heavy (non-hydrogen) atoms. The molecule has 5 heteroatoms. The zero-order valence-electron chi connectivity index (χ0n) is 6.08. The second-order valence-electron chi connectivity index (χ2n) is 2.00. The van der Waals surface area contributed by atoms with Crippen LogP contribution in [0.1, 0.15) is 0 Å². The van der Waals surface area contributed by atoms with Gasteiger partial charge in [0.15, 0.2) is 11.6 Å². The number of carbonyl (C=O) groups is 1. The van der Waals surface area contributed by atoms with E-state index in [2.05, 4.69) is 4.84 Å². The van der Waals surface area contributed by atoms with Crippen LogP contribution in [-0.4, -0.2) is 6.03 Å². The van der Waals surface area contributed by atoms with E-state index < -0.39 is 11.8 Å². The van der Waals surface area contributed by atoms with Crippen LogP contribution in [0, 0.1) is 5.82 Å². The first-order valence-electron chi connectivity index (χ1n) is 3.17. The number of rotatable bonds is 2. The summed E-state index contributed by atoms with van der Waals surface area (Å²) in [5, 5.41) is 0. The normalized spacial score (nSPS) is 9.08. The van der Waals surface area contributed by atoms with E-state index >= 15 is 0 Å². The summed E-state index contributed by atoms with van der Waals surface area (Å²) in [7, 11) is 0. The van der Waals surface area contributed by atoms with Gasteiger partial charge in [0.05, 0.1) is 0 Å². The van der Waals surface area contributed by atoms with Gasteiger partial charge in [0, 0.05) is 0 Å². The second-order valence-corrected chi connectivity index (χ2v) is 2.00. The topological polar surface area (TPSA) is 64.4 Å². The smallest absolute Gasteiger partial charge is 0.345 e. The van der Waals surface area contributed by atoms with Crippen LogP contribution in [-0.2, 0) is 0 Å². The zero-order valence-corrected chi connectivity index (χ0v) is 6.08. The first-order chi connectivity index (χ1) is 5.70. The van der Waals surface area contributed by atoms with Crippen molar-refractivity contribution in [3.8, 4) is 5.75 Å². The number of carbonyl (C=O) groups excluding carboxylic acids is 1. The van der Waals surface area contributed by atoms with Crippen LogP contribution in [0.5, 0.6) is 5.75 Å². The molecule has 4 nitrogen and oxygen atoms in total. The summed E-state index contributed by atoms with van der Waals surface area (Å²) in [4.78, 5) is 14.6. The predicted molar refractivity (Wildman–Crippen MR) is 39.7 cm³/mol. The SMILES string of the molecule is NC(=O)NOc1ccccc1F. The lowest BCUT2D eigenvalue weighted by atomic mass is 10.3. The van der Waals surface area contributed by atoms with Crippen molar-refractivity contribution in [3.63, 3.8) is 0 Å². The molecule has 0 bridgehead atoms. The van der Waals surface area contributed by atoms with Crippen molar-refractivity contribution < 1.29 is 14.0 Å². The molecule has 0 saturated heterocycles. The van der Waals surface area contributed by atoms with Crippen molar-refractivity contribution in [1.29, 1.82) is 0 Å². The van der Waals surface area contributed by atoms with Gasteiger partial charge in [0.25, 0.3) is 0 Å². The molecule has 0 aromatic heterocycles. The highest BCUT2D eigenvalue weighted by atomic mass is 19.1. The molecule has 0 unspecified atom stereocenters. The Morgan fingerprint density at radius 1 is 1.50 bits per heavy atom. The number of hydrogen-bond donors (Lipinski definition) is 2. The third-order valence-corrected chi connectivity index (χ3v) is 1.10. The quantitative estimate of drug-likeness (QED) is 0.644. The first kappa shape index (κ1) is 8.32. The third kappa shape index (κ3) is 2.12. The minimum absolute atomic E-state index is 0.0729. The van der Waals surface area contributed by atoms with Gasteiger partial charge in [-0.25, -0.2) is 9.18 Å². The summed E-state index contributed by atoms with van der Waals surface area (Å²) in [6.07, 6.45) is 0. The molecule has 0 fully saturated rings. The van der Waals surface area contributed by atoms with Crippen molar-refractivity contribution in [2.75, 3.05) is 0 Å². The highest BCUT2D eigenvalue weighted by molar-refractivity contribution is 5.70. The lowest BCUT2D eigenvalue weighted by Crippen LogP contribution is -2.32. The van der Waals surface area contributed by atoms with Crippen molar-refractivity contribution in [2.45, 2.75) is 0 Å². The Morgan fingerprint density at radius 2 is 2.17 bits per heavy atom. The van der Waals surface area contributed by atoms with Gasteiger partial charge in [0.2, 0.25) is 0 Å². The summed E-state index contributed by atoms with van der Waals surface area (Å²) in [5.74, 6) is -0.637. The number of amides is 2. The Hall–Kier alpha value is -1.78. The molecule has 0 aliphatic heterocycles. The second kappa shape index (κ2) is 3.56. The molecule has 0 saturated carbocycles. The molecule has 0 atom stereocenters. The summed E-state index contributed by atoms with van der Waals surface area (Å²) >= 11 is 0. The summed E-state index contributed by atoms with van der Waals surface area (Å²) < 4.78 is 12.7. The zero-order chi connectivity index (χ0) is 8.97. The van der Waals surface area contributed by atoms with Crippen molar-refractivity contribution in [3.05, 3.63) is 30.1 Å². The number of para-hydroxylation sites is 1. The Morgan fingerprint density at radius 3 is 2.75 bits per heavy atom. The van der Waals surface area contributed by atoms with Gasteiger partial charge in [0.1, 0.15) is 0 Å². The maximum absolute atomic E-state index is 12.7. The molecule has 1 aromatic rings. The van der Waals surface area contributed by atoms with Gasteiger partial charge in [-0.1, -0.05) is 12.1 Å². The lowest BCUT2D eigenvalue weighted by Gasteiger charge is -2.03. The molecular weight excluding hydrogens is 163 g/mol. The minimum Gasteiger partial charge on any atom is -0.375 e. The van der Waals surface area contributed by atoms with Crippen LogP contribution in [0.4, 0.5) is 9.18 Å². The number of halogens is 1. The summed E-state index contributed by atoms with van der Waals surface area (Å²) in [6, 6.07) is 4.77. The number of nitrogens with two attached hydrogens (primary N) is 1. The predicted octanol–water partition coefficient (Wildman–Crippen LogP) is 0.788. The van der Waals surface area contributed by atoms with E-state index in [1.165, 1.54) is 18.2 Å². The average Bonchev–Trinajstić information content (AvgIpc) is 2.03. The number of primary amides is 1. The van der Waals surface area contributed by atoms with Crippen molar-refractivity contribution in [2.24, 2.45) is 5.73 Å². The number of urea groups is 1. The van der Waals surface area contributed by atoms with E-state index in [-0.39, 0.29) is 5.75 Å². The largest absolute Gasteiger partial charge is 0.375 e. The van der Waals surface area contributed by atoms with Gasteiger partial charge in [-0.15, -0.1) is 0 Å². The fourth-order valence-electron chi connectivity index (χ4n) is 0.633. The molecule has 0 heterocycles. The minimum atomic E-state index is -0.877. The Bertz CT molecular complexity index is 290. The molecule has 0 aliphatic carbocycles. The van der Waals surface area contributed by atoms with Gasteiger partial charge < -0.3 is 10.6 Å². The monoisotopic (exact) mass is 170 g/mol. The van der Waals surface area contributed by atoms with E-state index in [0.29, 0.717) is 0 Å². The van der Waals surface area contributed by atoms with Gasteiger partial charge >= 0.3 is 6.03 Å². The highest BCUT2D eigenvalue weighted by Crippen LogP contribution is 2.13. The van der Waals surface area contributed by atoms with Crippen LogP contribution in [0.2, 0.25) is 0 Å². The first-order valence-corrected chi connectivity index (χ1v) is 3.17. The van der Waals surface area contributed by atoms with Crippen LogP contribution in [0.3, 0.4) is 0 Å². The van der Waals surface area contributed by atoms with Crippen LogP contribution >= 0.6 is 0 Å². The van der Waals surface area contributed by atoms with Gasteiger partial charge in [-0.3, -0.25) is 0 Å². The van der Waals surface area contributed by atoms with E-state index in [9.17, 15) is 9.18 Å². The van der Waals surface area contributed by atoms with E-state index in [1.54, 1.807) is 11.5 Å². The molecule has 3 N–H and O–H groups in total. The van der Waals surface area contributed by atoms with Crippen molar-refractivity contribution >= 4 is 6.03 Å². The standard InChI is InChI=1S/C7H7FN2O2/c8-5-3-1-2-4-6(5)12-10-7(9)11/h1-4H,(H3,9,10,11). The molecule has 1 aromatic carbocycles. The maximum atomic E-state index is 12.7. The highest BCUT2D eigenvalue weighted by Gasteiger charge is 2.01. The summed E-state index contributed by atoms with van der Waals surface area (Å²) in [6.45, 7) is 0. The summed E-state index contributed by atoms with van der Waals surface area (Å²) in [5.41, 5.74) is 6.49. The lowest BCUT2D eigenvalue weighted by molar-refractivity contribution is 0.181. The fourth-order valence-corrected chi connectivity index (χ4v) is 0.633. The molecule has 0 radical (unpaired) electrons. The molecule has 0 aliphatic rings. The molecule has 64 valence electrons. The molecular formula is C7H7FN2O2. The fraction of sp³-hybridized carbons (Fsp3) is 0. The number of nitrogens with one attached hydrogen (secondary N) is 1. The Balaban J connectivity index is 2.63. The third-order valence-electron chi connectivity index (χ3n) is 1.10. The number of hydroxylamine groups is 1. The Labute approximate surface area is 68.1 Å². The van der Waals surface area contributed by atoms with Crippen LogP contribution < -0.4 is 16.1 Å². The maximum Gasteiger partial charge on any atom is 0.345 e. The Kier molecular flexibility index (Phi) is 2.47. The van der Waals surface area contributed by atoms with E-state index in [4.69, 9.17) is 5.73 Å². The number of hydrogen-bond acceptors (Lipinski definition) is 2. The van der Waals surface area contributed by atoms with Crippen molar-refractivity contribution in [1.82, 2.24) is 5.48 Å².